The van der Waals surface area contributed by atoms with Crippen molar-refractivity contribution in [2.45, 2.75) is 111 Å². The number of alkyl carbamates (subject to hydrolysis) is 1. The van der Waals surface area contributed by atoms with Gasteiger partial charge in [0.25, 0.3) is 0 Å². The molecular formula is C33H50N2O7. The van der Waals surface area contributed by atoms with E-state index in [0.717, 1.165) is 15.9 Å². The van der Waals surface area contributed by atoms with Gasteiger partial charge in [-0.25, -0.2) is 4.79 Å². The number of rotatable bonds is 13. The van der Waals surface area contributed by atoms with E-state index in [1.165, 1.54) is 13.1 Å². The van der Waals surface area contributed by atoms with E-state index in [4.69, 9.17) is 9.47 Å². The Bertz CT molecular complexity index is 1180. The van der Waals surface area contributed by atoms with Gasteiger partial charge in [0.2, 0.25) is 5.69 Å². The van der Waals surface area contributed by atoms with Gasteiger partial charge in [0.1, 0.15) is 11.4 Å². The molecule has 1 heterocycles. The zero-order chi connectivity index (χ0) is 31.8. The first kappa shape index (κ1) is 34.9. The number of ether oxygens (including phenoxy) is 2. The van der Waals surface area contributed by atoms with Crippen molar-refractivity contribution >= 4 is 12.1 Å². The van der Waals surface area contributed by atoms with Crippen LogP contribution in [0.4, 0.5) is 4.79 Å². The number of hydrogen-bond acceptors (Lipinski definition) is 6. The van der Waals surface area contributed by atoms with Crippen molar-refractivity contribution in [3.05, 3.63) is 64.6 Å². The van der Waals surface area contributed by atoms with E-state index in [1.54, 1.807) is 39.0 Å². The molecule has 0 bridgehead atoms. The van der Waals surface area contributed by atoms with Gasteiger partial charge in [-0.2, -0.15) is 4.73 Å². The summed E-state index contributed by atoms with van der Waals surface area (Å²) in [7, 11) is 0. The predicted molar refractivity (Wildman–Crippen MR) is 162 cm³/mol. The zero-order valence-corrected chi connectivity index (χ0v) is 26.6. The Kier molecular flexibility index (Phi) is 12.2. The molecule has 4 atom stereocenters. The van der Waals surface area contributed by atoms with E-state index in [2.05, 4.69) is 52.1 Å². The van der Waals surface area contributed by atoms with Crippen molar-refractivity contribution in [3.8, 4) is 5.75 Å². The van der Waals surface area contributed by atoms with Gasteiger partial charge in [-0.15, -0.1) is 0 Å². The normalized spacial score (nSPS) is 15.0. The Balaban J connectivity index is 2.34. The van der Waals surface area contributed by atoms with Crippen LogP contribution in [-0.2, 0) is 28.0 Å². The molecule has 0 radical (unpaired) electrons. The number of carboxylic acid groups (broad SMARTS) is 1. The Labute approximate surface area is 250 Å². The molecule has 2 aromatic rings. The fourth-order valence-electron chi connectivity index (χ4n) is 4.78. The summed E-state index contributed by atoms with van der Waals surface area (Å²) < 4.78 is 12.4. The SMILES string of the molecule is CC(C[C@H](O)[C@H](C[C@H](Cc1ccc(C(C)(C)C)c(OCc2cccc[n+]2[O-])c1)C(C)C)NC(=O)OC(C)(C)C)C(=O)O. The van der Waals surface area contributed by atoms with Crippen molar-refractivity contribution in [1.29, 1.82) is 0 Å². The van der Waals surface area contributed by atoms with Crippen molar-refractivity contribution in [2.24, 2.45) is 17.8 Å². The van der Waals surface area contributed by atoms with Gasteiger partial charge < -0.3 is 30.2 Å². The van der Waals surface area contributed by atoms with Crippen LogP contribution >= 0.6 is 0 Å². The number of nitrogens with one attached hydrogen (secondary N) is 1. The molecule has 1 aromatic carbocycles. The standard InChI is InChI=1S/C33H50N2O7/c1-21(2)24(19-27(28(36)16-22(3)30(37)38)34-31(39)42-33(7,8)9)17-23-13-14-26(32(4,5)6)29(18-23)41-20-25-12-10-11-15-35(25)40/h10-15,18,21-22,24,27-28,36H,16-17,19-20H2,1-9H3,(H,34,39)(H,37,38)/t22?,24-,27-,28-/m0/s1. The van der Waals surface area contributed by atoms with Crippen LogP contribution in [0.25, 0.3) is 0 Å². The summed E-state index contributed by atoms with van der Waals surface area (Å²) in [6.45, 7) is 17.4. The lowest BCUT2D eigenvalue weighted by Crippen LogP contribution is -2.47. The van der Waals surface area contributed by atoms with Crippen molar-refractivity contribution in [2.75, 3.05) is 0 Å². The number of carbonyl (C=O) groups is 2. The van der Waals surface area contributed by atoms with Crippen molar-refractivity contribution < 1.29 is 34.0 Å². The number of hydrogen-bond donors (Lipinski definition) is 3. The lowest BCUT2D eigenvalue weighted by molar-refractivity contribution is -0.616. The van der Waals surface area contributed by atoms with Crippen LogP contribution in [-0.4, -0.2) is 40.0 Å². The Morgan fingerprint density at radius 3 is 2.24 bits per heavy atom. The molecule has 3 N–H and O–H groups in total. The highest BCUT2D eigenvalue weighted by Gasteiger charge is 2.31. The quantitative estimate of drug-likeness (QED) is 0.201. The molecule has 0 fully saturated rings. The number of aromatic nitrogens is 1. The minimum absolute atomic E-state index is 0.00190. The Hall–Kier alpha value is -3.33. The number of aliphatic carboxylic acids is 1. The van der Waals surface area contributed by atoms with Crippen LogP contribution in [0.3, 0.4) is 0 Å². The molecule has 0 aliphatic carbocycles. The number of benzene rings is 1. The van der Waals surface area contributed by atoms with E-state index in [0.29, 0.717) is 24.3 Å². The third kappa shape index (κ3) is 11.2. The number of aliphatic hydroxyl groups excluding tert-OH is 1. The van der Waals surface area contributed by atoms with E-state index in [-0.39, 0.29) is 30.3 Å². The molecule has 1 unspecified atom stereocenters. The third-order valence-corrected chi connectivity index (χ3v) is 7.31. The molecule has 9 heteroatoms. The molecule has 2 rings (SSSR count). The van der Waals surface area contributed by atoms with Gasteiger partial charge in [-0.1, -0.05) is 53.7 Å². The second kappa shape index (κ2) is 14.7. The first-order valence-corrected chi connectivity index (χ1v) is 14.7. The molecule has 0 saturated carbocycles. The van der Waals surface area contributed by atoms with Crippen LogP contribution < -0.4 is 14.8 Å². The topological polar surface area (TPSA) is 132 Å². The maximum absolute atomic E-state index is 12.7. The lowest BCUT2D eigenvalue weighted by atomic mass is 9.80. The highest BCUT2D eigenvalue weighted by Crippen LogP contribution is 2.34. The summed E-state index contributed by atoms with van der Waals surface area (Å²) in [5, 5.41) is 35.4. The fraction of sp³-hybridized carbons (Fsp3) is 0.606. The summed E-state index contributed by atoms with van der Waals surface area (Å²) in [6.07, 6.45) is 0.773. The molecule has 1 aromatic heterocycles. The van der Waals surface area contributed by atoms with E-state index < -0.39 is 35.7 Å². The molecule has 1 amide bonds. The predicted octanol–water partition coefficient (Wildman–Crippen LogP) is 5.77. The largest absolute Gasteiger partial charge is 0.618 e. The maximum Gasteiger partial charge on any atom is 0.407 e. The molecule has 0 aliphatic rings. The molecule has 9 nitrogen and oxygen atoms in total. The van der Waals surface area contributed by atoms with Crippen molar-refractivity contribution in [3.63, 3.8) is 0 Å². The van der Waals surface area contributed by atoms with Crippen LogP contribution in [0.15, 0.2) is 42.6 Å². The fourth-order valence-corrected chi connectivity index (χ4v) is 4.78. The number of carbonyl (C=O) groups excluding carboxylic acids is 1. The average Bonchev–Trinajstić information content (AvgIpc) is 2.85. The zero-order valence-electron chi connectivity index (χ0n) is 26.6. The summed E-state index contributed by atoms with van der Waals surface area (Å²) in [6, 6.07) is 10.6. The maximum atomic E-state index is 12.7. The summed E-state index contributed by atoms with van der Waals surface area (Å²) in [5.74, 6) is -0.860. The average molecular weight is 587 g/mol. The second-order valence-electron chi connectivity index (χ2n) is 13.6. The summed E-state index contributed by atoms with van der Waals surface area (Å²) in [5.41, 5.74) is 1.63. The van der Waals surface area contributed by atoms with Gasteiger partial charge >= 0.3 is 12.1 Å². The van der Waals surface area contributed by atoms with Gasteiger partial charge in [-0.3, -0.25) is 4.79 Å². The number of amides is 1. The van der Waals surface area contributed by atoms with E-state index in [1.807, 2.05) is 6.07 Å². The molecule has 42 heavy (non-hydrogen) atoms. The lowest BCUT2D eigenvalue weighted by Gasteiger charge is -2.32. The molecule has 0 aliphatic heterocycles. The van der Waals surface area contributed by atoms with Crippen LogP contribution in [0.2, 0.25) is 0 Å². The second-order valence-corrected chi connectivity index (χ2v) is 13.6. The van der Waals surface area contributed by atoms with Crippen molar-refractivity contribution in [1.82, 2.24) is 5.32 Å². The first-order chi connectivity index (χ1) is 19.4. The monoisotopic (exact) mass is 586 g/mol. The summed E-state index contributed by atoms with van der Waals surface area (Å²) >= 11 is 0. The molecule has 0 saturated heterocycles. The third-order valence-electron chi connectivity index (χ3n) is 7.31. The number of aliphatic hydroxyl groups is 1. The van der Waals surface area contributed by atoms with Crippen LogP contribution in [0.1, 0.15) is 92.0 Å². The van der Waals surface area contributed by atoms with Gasteiger partial charge in [-0.05, 0) is 80.5 Å². The van der Waals surface area contributed by atoms with Gasteiger partial charge in [0.15, 0.2) is 12.8 Å². The first-order valence-electron chi connectivity index (χ1n) is 14.7. The minimum atomic E-state index is -1.07. The number of pyridine rings is 1. The Morgan fingerprint density at radius 2 is 1.69 bits per heavy atom. The van der Waals surface area contributed by atoms with Gasteiger partial charge in [0.05, 0.1) is 18.1 Å². The van der Waals surface area contributed by atoms with Gasteiger partial charge in [0, 0.05) is 12.1 Å². The number of nitrogens with zero attached hydrogens (tertiary/aromatic N) is 1. The molecule has 234 valence electrons. The van der Waals surface area contributed by atoms with E-state index in [9.17, 15) is 25.0 Å². The highest BCUT2D eigenvalue weighted by atomic mass is 16.6. The van der Waals surface area contributed by atoms with Crippen LogP contribution in [0.5, 0.6) is 5.75 Å². The van der Waals surface area contributed by atoms with Crippen LogP contribution in [0, 0.1) is 23.0 Å². The summed E-state index contributed by atoms with van der Waals surface area (Å²) in [4.78, 5) is 24.2. The number of carboxylic acids is 1. The smallest absolute Gasteiger partial charge is 0.407 e. The highest BCUT2D eigenvalue weighted by molar-refractivity contribution is 5.70. The molecule has 0 spiro atoms. The van der Waals surface area contributed by atoms with E-state index >= 15 is 0 Å². The molecular weight excluding hydrogens is 536 g/mol. The Morgan fingerprint density at radius 1 is 1.02 bits per heavy atom. The minimum Gasteiger partial charge on any atom is -0.618 e.